The van der Waals surface area contributed by atoms with Crippen LogP contribution in [0.1, 0.15) is 50.6 Å². The number of carbonyl (C=O) groups excluding carboxylic acids is 2. The fourth-order valence-electron chi connectivity index (χ4n) is 5.17. The third kappa shape index (κ3) is 3.66. The largest absolute Gasteiger partial charge is 0.335 e. The van der Waals surface area contributed by atoms with E-state index in [0.29, 0.717) is 25.7 Å². The second-order valence-electron chi connectivity index (χ2n) is 8.28. The smallest absolute Gasteiger partial charge is 0.317 e. The van der Waals surface area contributed by atoms with E-state index in [1.165, 1.54) is 31.4 Å². The van der Waals surface area contributed by atoms with Gasteiger partial charge in [-0.05, 0) is 30.5 Å². The Morgan fingerprint density at radius 2 is 1.89 bits per heavy atom. The highest BCUT2D eigenvalue weighted by molar-refractivity contribution is 5.76. The molecule has 3 aliphatic rings. The van der Waals surface area contributed by atoms with Crippen molar-refractivity contribution < 1.29 is 14.0 Å². The molecule has 146 valence electrons. The Balaban J connectivity index is 1.48. The number of halogens is 1. The number of likely N-dealkylation sites (tertiary alicyclic amines) is 2. The summed E-state index contributed by atoms with van der Waals surface area (Å²) in [5.41, 5.74) is 0.826. The summed E-state index contributed by atoms with van der Waals surface area (Å²) in [5, 5.41) is 3.19. The van der Waals surface area contributed by atoms with Crippen LogP contribution in [0.25, 0.3) is 0 Å². The van der Waals surface area contributed by atoms with Crippen LogP contribution in [0.3, 0.4) is 0 Å². The molecule has 1 aromatic carbocycles. The Morgan fingerprint density at radius 1 is 1.11 bits per heavy atom. The van der Waals surface area contributed by atoms with Crippen molar-refractivity contribution in [3.8, 4) is 0 Å². The molecule has 3 atom stereocenters. The van der Waals surface area contributed by atoms with Crippen LogP contribution < -0.4 is 5.32 Å². The lowest BCUT2D eigenvalue weighted by atomic mass is 9.89. The first-order chi connectivity index (χ1) is 13.0. The van der Waals surface area contributed by atoms with Crippen LogP contribution in [-0.4, -0.2) is 47.4 Å². The first kappa shape index (κ1) is 18.3. The molecule has 2 saturated heterocycles. The number of fused-ring (bicyclic) bond motifs is 1. The van der Waals surface area contributed by atoms with Crippen molar-refractivity contribution in [1.29, 1.82) is 0 Å². The van der Waals surface area contributed by atoms with E-state index < -0.39 is 0 Å². The van der Waals surface area contributed by atoms with Gasteiger partial charge in [0.05, 0.1) is 6.04 Å². The molecule has 0 radical (unpaired) electrons. The minimum Gasteiger partial charge on any atom is -0.335 e. The van der Waals surface area contributed by atoms with E-state index in [9.17, 15) is 14.0 Å². The Kier molecular flexibility index (Phi) is 5.06. The first-order valence-electron chi connectivity index (χ1n) is 10.1. The number of rotatable bonds is 2. The number of carbonyl (C=O) groups is 2. The predicted octanol–water partition coefficient (Wildman–Crippen LogP) is 3.32. The molecule has 27 heavy (non-hydrogen) atoms. The maximum atomic E-state index is 13.8. The molecular weight excluding hydrogens is 345 g/mol. The van der Waals surface area contributed by atoms with Crippen molar-refractivity contribution in [2.75, 3.05) is 19.6 Å². The molecule has 4 rings (SSSR count). The lowest BCUT2D eigenvalue weighted by Gasteiger charge is -2.30. The number of nitrogens with one attached hydrogen (secondary N) is 1. The summed E-state index contributed by atoms with van der Waals surface area (Å²) in [6.07, 6.45) is 5.76. The van der Waals surface area contributed by atoms with Gasteiger partial charge in [-0.3, -0.25) is 4.79 Å². The Morgan fingerprint density at radius 3 is 2.59 bits per heavy atom. The molecule has 2 aliphatic heterocycles. The van der Waals surface area contributed by atoms with Gasteiger partial charge in [0.15, 0.2) is 0 Å². The van der Waals surface area contributed by atoms with Gasteiger partial charge in [0.25, 0.3) is 0 Å². The summed E-state index contributed by atoms with van der Waals surface area (Å²) >= 11 is 0. The number of urea groups is 1. The van der Waals surface area contributed by atoms with Crippen molar-refractivity contribution in [1.82, 2.24) is 15.1 Å². The van der Waals surface area contributed by atoms with E-state index in [0.717, 1.165) is 18.4 Å². The van der Waals surface area contributed by atoms with Crippen LogP contribution in [0.4, 0.5) is 9.18 Å². The molecule has 1 aromatic rings. The molecule has 0 bridgehead atoms. The number of hydrogen-bond acceptors (Lipinski definition) is 2. The Labute approximate surface area is 159 Å². The number of hydrogen-bond donors (Lipinski definition) is 1. The summed E-state index contributed by atoms with van der Waals surface area (Å²) in [5.74, 6) is 0.133. The van der Waals surface area contributed by atoms with Gasteiger partial charge >= 0.3 is 6.03 Å². The second-order valence-corrected chi connectivity index (χ2v) is 8.28. The van der Waals surface area contributed by atoms with Gasteiger partial charge in [-0.15, -0.1) is 0 Å². The number of benzene rings is 1. The van der Waals surface area contributed by atoms with Crippen molar-refractivity contribution >= 4 is 11.9 Å². The zero-order chi connectivity index (χ0) is 19.0. The van der Waals surface area contributed by atoms with Gasteiger partial charge in [0.2, 0.25) is 5.91 Å². The number of nitrogens with zero attached hydrogens (tertiary/aromatic N) is 2. The van der Waals surface area contributed by atoms with Crippen LogP contribution in [0.5, 0.6) is 0 Å². The van der Waals surface area contributed by atoms with Gasteiger partial charge in [0.1, 0.15) is 5.82 Å². The average Bonchev–Trinajstić information content (AvgIpc) is 3.20. The highest BCUT2D eigenvalue weighted by Crippen LogP contribution is 2.45. The van der Waals surface area contributed by atoms with Crippen molar-refractivity contribution in [3.05, 3.63) is 35.6 Å². The summed E-state index contributed by atoms with van der Waals surface area (Å²) < 4.78 is 13.8. The second kappa shape index (κ2) is 7.49. The molecule has 6 heteroatoms. The topological polar surface area (TPSA) is 52.7 Å². The zero-order valence-electron chi connectivity index (χ0n) is 15.9. The highest BCUT2D eigenvalue weighted by atomic mass is 19.1. The summed E-state index contributed by atoms with van der Waals surface area (Å²) in [7, 11) is 0. The van der Waals surface area contributed by atoms with Crippen molar-refractivity contribution in [3.63, 3.8) is 0 Å². The quantitative estimate of drug-likeness (QED) is 0.865. The fourth-order valence-corrected chi connectivity index (χ4v) is 5.17. The monoisotopic (exact) mass is 373 g/mol. The van der Waals surface area contributed by atoms with Crippen molar-refractivity contribution in [2.24, 2.45) is 11.8 Å². The Hall–Kier alpha value is -2.11. The van der Waals surface area contributed by atoms with Crippen LogP contribution in [-0.2, 0) is 4.79 Å². The standard InChI is InChI=1S/C21H28FN3O2/c1-14(26)25-12-16-11-24(21(27)23-18-8-3-2-4-9-18)13-19(16)20(25)15-6-5-7-17(22)10-15/h5-7,10,16,18-20H,2-4,8-9,11-13H2,1H3,(H,23,27)/t16-,19-,20+/m1/s1. The van der Waals surface area contributed by atoms with Crippen LogP contribution in [0, 0.1) is 17.7 Å². The number of amides is 3. The molecular formula is C21H28FN3O2. The SMILES string of the molecule is CC(=O)N1C[C@H]2CN(C(=O)NC3CCCCC3)C[C@H]2[C@@H]1c1cccc(F)c1. The van der Waals surface area contributed by atoms with E-state index in [1.807, 2.05) is 15.9 Å². The van der Waals surface area contributed by atoms with Gasteiger partial charge < -0.3 is 15.1 Å². The molecule has 1 aliphatic carbocycles. The minimum absolute atomic E-state index is 0.0110. The normalized spacial score (nSPS) is 28.3. The first-order valence-corrected chi connectivity index (χ1v) is 10.1. The molecule has 0 unspecified atom stereocenters. The summed E-state index contributed by atoms with van der Waals surface area (Å²) in [6, 6.07) is 6.68. The van der Waals surface area contributed by atoms with E-state index in [-0.39, 0.29) is 35.6 Å². The Bertz CT molecular complexity index is 719. The maximum Gasteiger partial charge on any atom is 0.317 e. The van der Waals surface area contributed by atoms with Gasteiger partial charge in [-0.1, -0.05) is 31.4 Å². The minimum atomic E-state index is -0.288. The average molecular weight is 373 g/mol. The fraction of sp³-hybridized carbons (Fsp3) is 0.619. The summed E-state index contributed by atoms with van der Waals surface area (Å²) in [4.78, 5) is 28.6. The maximum absolute atomic E-state index is 13.8. The molecule has 3 amide bonds. The third-order valence-corrected chi connectivity index (χ3v) is 6.48. The predicted molar refractivity (Wildman–Crippen MR) is 100 cm³/mol. The molecule has 2 heterocycles. The highest BCUT2D eigenvalue weighted by Gasteiger charge is 2.49. The molecule has 1 saturated carbocycles. The van der Waals surface area contributed by atoms with E-state index in [2.05, 4.69) is 5.32 Å². The molecule has 3 fully saturated rings. The molecule has 1 N–H and O–H groups in total. The van der Waals surface area contributed by atoms with Crippen LogP contribution in [0.2, 0.25) is 0 Å². The van der Waals surface area contributed by atoms with Crippen molar-refractivity contribution in [2.45, 2.75) is 51.1 Å². The lowest BCUT2D eigenvalue weighted by Crippen LogP contribution is -2.45. The van der Waals surface area contributed by atoms with Gasteiger partial charge in [-0.2, -0.15) is 0 Å². The summed E-state index contributed by atoms with van der Waals surface area (Å²) in [6.45, 7) is 3.49. The van der Waals surface area contributed by atoms with Gasteiger partial charge in [-0.25, -0.2) is 9.18 Å². The molecule has 0 spiro atoms. The molecule has 0 aromatic heterocycles. The lowest BCUT2D eigenvalue weighted by molar-refractivity contribution is -0.130. The van der Waals surface area contributed by atoms with Crippen LogP contribution >= 0.6 is 0 Å². The third-order valence-electron chi connectivity index (χ3n) is 6.48. The van der Waals surface area contributed by atoms with E-state index >= 15 is 0 Å². The molecule has 5 nitrogen and oxygen atoms in total. The van der Waals surface area contributed by atoms with Gasteiger partial charge in [0, 0.05) is 44.4 Å². The van der Waals surface area contributed by atoms with Crippen LogP contribution in [0.15, 0.2) is 24.3 Å². The zero-order valence-corrected chi connectivity index (χ0v) is 15.9. The van der Waals surface area contributed by atoms with E-state index in [4.69, 9.17) is 0 Å². The van der Waals surface area contributed by atoms with E-state index in [1.54, 1.807) is 13.0 Å².